The molecule has 1 rings (SSSR count). The third kappa shape index (κ3) is 12.8. The Balaban J connectivity index is 2.26. The number of carbonyl (C=O) groups is 1. The third-order valence-corrected chi connectivity index (χ3v) is 7.25. The molecule has 0 spiro atoms. The summed E-state index contributed by atoms with van der Waals surface area (Å²) in [5.41, 5.74) is 2.74. The summed E-state index contributed by atoms with van der Waals surface area (Å²) in [7, 11) is 0. The highest BCUT2D eigenvalue weighted by molar-refractivity contribution is 5.94. The summed E-state index contributed by atoms with van der Waals surface area (Å²) in [5, 5.41) is 10.6. The molecule has 0 bridgehead atoms. The highest BCUT2D eigenvalue weighted by Crippen LogP contribution is 2.36. The Morgan fingerprint density at radius 2 is 1.17 bits per heavy atom. The van der Waals surface area contributed by atoms with Crippen molar-refractivity contribution in [1.29, 1.82) is 0 Å². The van der Waals surface area contributed by atoms with Crippen molar-refractivity contribution in [3.05, 3.63) is 23.3 Å². The smallest absolute Gasteiger partial charge is 0.226 e. The van der Waals surface area contributed by atoms with E-state index < -0.39 is 0 Å². The number of unbranched alkanes of at least 4 members (excludes halogenated alkanes) is 15. The van der Waals surface area contributed by atoms with Crippen LogP contribution in [0.25, 0.3) is 0 Å². The molecule has 0 fully saturated rings. The molecular weight excluding hydrogens is 430 g/mol. The Morgan fingerprint density at radius 3 is 1.57 bits per heavy atom. The molecule has 3 heteroatoms. The van der Waals surface area contributed by atoms with E-state index in [1.807, 2.05) is 24.8 Å². The van der Waals surface area contributed by atoms with E-state index in [4.69, 9.17) is 0 Å². The van der Waals surface area contributed by atoms with E-state index in [0.717, 1.165) is 36.2 Å². The molecule has 202 valence electrons. The van der Waals surface area contributed by atoms with Crippen molar-refractivity contribution in [1.82, 2.24) is 0 Å². The van der Waals surface area contributed by atoms with Crippen LogP contribution in [0, 0.1) is 6.92 Å². The minimum Gasteiger partial charge on any atom is -0.508 e. The van der Waals surface area contributed by atoms with E-state index in [-0.39, 0.29) is 11.3 Å². The van der Waals surface area contributed by atoms with Gasteiger partial charge in [0.15, 0.2) is 0 Å². The van der Waals surface area contributed by atoms with E-state index in [1.165, 1.54) is 89.9 Å². The molecule has 3 nitrogen and oxygen atoms in total. The van der Waals surface area contributed by atoms with Gasteiger partial charge in [0, 0.05) is 19.0 Å². The van der Waals surface area contributed by atoms with Gasteiger partial charge >= 0.3 is 0 Å². The van der Waals surface area contributed by atoms with Crippen LogP contribution in [0.3, 0.4) is 0 Å². The number of carbonyl (C=O) groups excluding carboxylic acids is 1. The van der Waals surface area contributed by atoms with E-state index in [2.05, 4.69) is 27.7 Å². The van der Waals surface area contributed by atoms with Crippen LogP contribution in [0.1, 0.15) is 155 Å². The number of aromatic hydroxyl groups is 1. The van der Waals surface area contributed by atoms with Gasteiger partial charge in [-0.3, -0.25) is 4.79 Å². The zero-order valence-corrected chi connectivity index (χ0v) is 24.2. The van der Waals surface area contributed by atoms with Crippen LogP contribution in [0.5, 0.6) is 5.75 Å². The number of hydrogen-bond donors (Lipinski definition) is 1. The summed E-state index contributed by atoms with van der Waals surface area (Å²) in [6, 6.07) is 3.85. The van der Waals surface area contributed by atoms with Crippen molar-refractivity contribution in [2.75, 3.05) is 11.4 Å². The molecule has 0 aromatic heterocycles. The predicted molar refractivity (Wildman–Crippen MR) is 154 cm³/mol. The molecule has 0 aliphatic rings. The first kappa shape index (κ1) is 31.5. The van der Waals surface area contributed by atoms with Gasteiger partial charge in [-0.25, -0.2) is 0 Å². The molecule has 1 aromatic carbocycles. The average molecular weight is 488 g/mol. The maximum absolute atomic E-state index is 12.7. The van der Waals surface area contributed by atoms with Crippen molar-refractivity contribution in [2.45, 2.75) is 156 Å². The number of aryl methyl sites for hydroxylation is 1. The second kappa shape index (κ2) is 17.8. The molecule has 1 aromatic rings. The molecule has 0 saturated carbocycles. The van der Waals surface area contributed by atoms with Gasteiger partial charge in [-0.1, -0.05) is 131 Å². The molecule has 1 amide bonds. The first-order chi connectivity index (χ1) is 16.7. The summed E-state index contributed by atoms with van der Waals surface area (Å²) in [6.07, 6.45) is 22.1. The van der Waals surface area contributed by atoms with Crippen molar-refractivity contribution < 1.29 is 9.90 Å². The minimum absolute atomic E-state index is 0.124. The molecule has 35 heavy (non-hydrogen) atoms. The fourth-order valence-corrected chi connectivity index (χ4v) is 4.97. The number of anilines is 1. The number of rotatable bonds is 19. The molecule has 0 heterocycles. The number of nitrogens with zero attached hydrogens (tertiary/aromatic N) is 1. The first-order valence-corrected chi connectivity index (χ1v) is 14.9. The Hall–Kier alpha value is -1.51. The molecule has 0 saturated heterocycles. The highest BCUT2D eigenvalue weighted by atomic mass is 16.3. The Labute approximate surface area is 218 Å². The summed E-state index contributed by atoms with van der Waals surface area (Å²) in [5.74, 6) is 0.427. The maximum Gasteiger partial charge on any atom is 0.226 e. The van der Waals surface area contributed by atoms with Crippen LogP contribution in [0.4, 0.5) is 5.69 Å². The topological polar surface area (TPSA) is 40.5 Å². The van der Waals surface area contributed by atoms with Crippen LogP contribution in [-0.2, 0) is 10.2 Å². The predicted octanol–water partition coefficient (Wildman–Crippen LogP) is 10.0. The summed E-state index contributed by atoms with van der Waals surface area (Å²) < 4.78 is 0. The fraction of sp³-hybridized carbons (Fsp3) is 0.781. The van der Waals surface area contributed by atoms with Gasteiger partial charge in [-0.2, -0.15) is 0 Å². The Bertz CT molecular complexity index is 704. The molecule has 0 unspecified atom stereocenters. The largest absolute Gasteiger partial charge is 0.508 e. The molecule has 0 radical (unpaired) electrons. The fourth-order valence-electron chi connectivity index (χ4n) is 4.97. The lowest BCUT2D eigenvalue weighted by atomic mass is 9.85. The van der Waals surface area contributed by atoms with E-state index in [1.54, 1.807) is 6.07 Å². The highest BCUT2D eigenvalue weighted by Gasteiger charge is 2.23. The lowest BCUT2D eigenvalue weighted by Crippen LogP contribution is -2.32. The van der Waals surface area contributed by atoms with Gasteiger partial charge < -0.3 is 10.0 Å². The Kier molecular flexibility index (Phi) is 16.1. The van der Waals surface area contributed by atoms with Gasteiger partial charge in [0.25, 0.3) is 0 Å². The van der Waals surface area contributed by atoms with Gasteiger partial charge in [-0.05, 0) is 36.0 Å². The first-order valence-electron chi connectivity index (χ1n) is 14.9. The van der Waals surface area contributed by atoms with E-state index >= 15 is 0 Å². The van der Waals surface area contributed by atoms with Gasteiger partial charge in [-0.15, -0.1) is 0 Å². The zero-order valence-electron chi connectivity index (χ0n) is 24.2. The molecule has 0 atom stereocenters. The van der Waals surface area contributed by atoms with Crippen molar-refractivity contribution in [2.24, 2.45) is 0 Å². The van der Waals surface area contributed by atoms with Crippen molar-refractivity contribution in [3.63, 3.8) is 0 Å². The van der Waals surface area contributed by atoms with Crippen molar-refractivity contribution >= 4 is 11.6 Å². The van der Waals surface area contributed by atoms with Gasteiger partial charge in [0.2, 0.25) is 5.91 Å². The summed E-state index contributed by atoms with van der Waals surface area (Å²) in [4.78, 5) is 14.6. The van der Waals surface area contributed by atoms with Gasteiger partial charge in [0.05, 0.1) is 5.69 Å². The zero-order chi connectivity index (χ0) is 26.1. The molecule has 1 N–H and O–H groups in total. The third-order valence-electron chi connectivity index (χ3n) is 7.25. The quantitative estimate of drug-likeness (QED) is 0.197. The lowest BCUT2D eigenvalue weighted by molar-refractivity contribution is -0.118. The molecule has 0 aliphatic heterocycles. The SMILES string of the molecule is CCCCCCCCCCCCCCCCCCN(C(=O)CC)c1cc(O)c(C(C)(C)C)cc1C. The van der Waals surface area contributed by atoms with Crippen LogP contribution in [0.15, 0.2) is 12.1 Å². The van der Waals surface area contributed by atoms with E-state index in [9.17, 15) is 9.90 Å². The van der Waals surface area contributed by atoms with E-state index in [0.29, 0.717) is 12.2 Å². The summed E-state index contributed by atoms with van der Waals surface area (Å²) >= 11 is 0. The van der Waals surface area contributed by atoms with Crippen LogP contribution in [0.2, 0.25) is 0 Å². The number of amides is 1. The maximum atomic E-state index is 12.7. The average Bonchev–Trinajstić information content (AvgIpc) is 2.81. The lowest BCUT2D eigenvalue weighted by Gasteiger charge is -2.27. The second-order valence-corrected chi connectivity index (χ2v) is 11.6. The van der Waals surface area contributed by atoms with Gasteiger partial charge in [0.1, 0.15) is 5.75 Å². The number of phenolic OH excluding ortho intramolecular Hbond substituents is 1. The molecular formula is C32H57NO2. The standard InChI is InChI=1S/C32H57NO2/c1-7-9-10-11-12-13-14-15-16-17-18-19-20-21-22-23-24-33(31(35)8-2)29-26-30(34)28(25-27(29)3)32(4,5)6/h25-26,34H,7-24H2,1-6H3. The van der Waals surface area contributed by atoms with Crippen LogP contribution in [-0.4, -0.2) is 17.6 Å². The number of phenols is 1. The van der Waals surface area contributed by atoms with Crippen LogP contribution < -0.4 is 4.90 Å². The monoisotopic (exact) mass is 487 g/mol. The van der Waals surface area contributed by atoms with Crippen molar-refractivity contribution in [3.8, 4) is 5.75 Å². The number of hydrogen-bond acceptors (Lipinski definition) is 2. The second-order valence-electron chi connectivity index (χ2n) is 11.6. The summed E-state index contributed by atoms with van der Waals surface area (Å²) in [6.45, 7) is 13.3. The Morgan fingerprint density at radius 1 is 0.743 bits per heavy atom. The molecule has 0 aliphatic carbocycles. The minimum atomic E-state index is -0.124. The number of benzene rings is 1. The normalized spacial score (nSPS) is 11.7. The van der Waals surface area contributed by atoms with Crippen LogP contribution >= 0.6 is 0 Å².